The highest BCUT2D eigenvalue weighted by molar-refractivity contribution is 14.1. The smallest absolute Gasteiger partial charge is 0.183 e. The van der Waals surface area contributed by atoms with Crippen molar-refractivity contribution in [2.75, 3.05) is 6.61 Å². The molecule has 0 unspecified atom stereocenters. The summed E-state index contributed by atoms with van der Waals surface area (Å²) < 4.78 is 7.36. The van der Waals surface area contributed by atoms with Gasteiger partial charge in [-0.3, -0.25) is 0 Å². The molecule has 0 saturated heterocycles. The lowest BCUT2D eigenvalue weighted by Gasteiger charge is -2.30. The fourth-order valence-electron chi connectivity index (χ4n) is 1.48. The van der Waals surface area contributed by atoms with Crippen LogP contribution in [0.3, 0.4) is 0 Å². The summed E-state index contributed by atoms with van der Waals surface area (Å²) in [5.74, 6) is 0. The Hall–Kier alpha value is 0.127. The molecule has 0 bridgehead atoms. The van der Waals surface area contributed by atoms with Gasteiger partial charge in [0.1, 0.15) is 0 Å². The first-order valence-corrected chi connectivity index (χ1v) is 10.1. The molecule has 1 rings (SSSR count). The fraction of sp³-hybridized carbons (Fsp3) is 0.538. The molecule has 0 aliphatic carbocycles. The molecule has 0 fully saturated rings. The minimum Gasteiger partial charge on any atom is -0.417 e. The van der Waals surface area contributed by atoms with E-state index in [1.165, 1.54) is 9.13 Å². The Morgan fingerprint density at radius 3 is 2.25 bits per heavy atom. The summed E-state index contributed by atoms with van der Waals surface area (Å²) in [6.45, 7) is 12.0. The normalized spacial score (nSPS) is 12.9. The van der Waals surface area contributed by atoms with Gasteiger partial charge >= 0.3 is 0 Å². The fourth-order valence-corrected chi connectivity index (χ4v) is 3.40. The topological polar surface area (TPSA) is 9.23 Å². The monoisotopic (exact) mass is 348 g/mol. The standard InChI is InChI=1S/C13H21IOSi/c1-13(2,10-15-16(3,4)5)11-8-6-7-9-12(11)14/h6-9H,10H2,1-5H3. The van der Waals surface area contributed by atoms with Crippen LogP contribution in [0.15, 0.2) is 24.3 Å². The van der Waals surface area contributed by atoms with E-state index in [-0.39, 0.29) is 5.41 Å². The van der Waals surface area contributed by atoms with Crippen LogP contribution >= 0.6 is 22.6 Å². The van der Waals surface area contributed by atoms with Gasteiger partial charge in [-0.05, 0) is 53.9 Å². The molecule has 3 heteroatoms. The summed E-state index contributed by atoms with van der Waals surface area (Å²) >= 11 is 2.40. The van der Waals surface area contributed by atoms with Crippen molar-refractivity contribution >= 4 is 30.9 Å². The number of rotatable bonds is 4. The number of hydrogen-bond donors (Lipinski definition) is 0. The molecule has 1 nitrogen and oxygen atoms in total. The molecule has 0 saturated carbocycles. The van der Waals surface area contributed by atoms with Crippen molar-refractivity contribution in [3.8, 4) is 0 Å². The van der Waals surface area contributed by atoms with Crippen molar-refractivity contribution in [2.45, 2.75) is 38.9 Å². The molecule has 0 radical (unpaired) electrons. The van der Waals surface area contributed by atoms with Gasteiger partial charge in [-0.2, -0.15) is 0 Å². The molecular weight excluding hydrogens is 327 g/mol. The second-order valence-corrected chi connectivity index (χ2v) is 11.4. The van der Waals surface area contributed by atoms with E-state index < -0.39 is 8.32 Å². The number of hydrogen-bond acceptors (Lipinski definition) is 1. The quantitative estimate of drug-likeness (QED) is 0.578. The van der Waals surface area contributed by atoms with Gasteiger partial charge in [0.05, 0.1) is 0 Å². The highest BCUT2D eigenvalue weighted by Gasteiger charge is 2.26. The van der Waals surface area contributed by atoms with Gasteiger partial charge in [-0.1, -0.05) is 32.0 Å². The Balaban J connectivity index is 2.82. The summed E-state index contributed by atoms with van der Waals surface area (Å²) in [5, 5.41) is 0. The average molecular weight is 348 g/mol. The second kappa shape index (κ2) is 5.19. The van der Waals surface area contributed by atoms with Crippen LogP contribution in [-0.2, 0) is 9.84 Å². The van der Waals surface area contributed by atoms with E-state index >= 15 is 0 Å². The lowest BCUT2D eigenvalue weighted by Crippen LogP contribution is -2.34. The van der Waals surface area contributed by atoms with Crippen molar-refractivity contribution in [1.82, 2.24) is 0 Å². The first-order chi connectivity index (χ1) is 7.22. The zero-order valence-electron chi connectivity index (χ0n) is 10.8. The van der Waals surface area contributed by atoms with E-state index in [1.54, 1.807) is 0 Å². The van der Waals surface area contributed by atoms with E-state index in [1.807, 2.05) is 0 Å². The Morgan fingerprint density at radius 2 is 1.75 bits per heavy atom. The maximum atomic E-state index is 6.04. The molecule has 0 aromatic heterocycles. The highest BCUT2D eigenvalue weighted by atomic mass is 127. The van der Waals surface area contributed by atoms with Crippen LogP contribution in [0.2, 0.25) is 19.6 Å². The molecule has 90 valence electrons. The lowest BCUT2D eigenvalue weighted by atomic mass is 9.86. The van der Waals surface area contributed by atoms with Crippen molar-refractivity contribution in [1.29, 1.82) is 0 Å². The Labute approximate surface area is 114 Å². The third-order valence-corrected chi connectivity index (χ3v) is 4.42. The predicted molar refractivity (Wildman–Crippen MR) is 81.5 cm³/mol. The summed E-state index contributed by atoms with van der Waals surface area (Å²) in [5.41, 5.74) is 1.48. The Morgan fingerprint density at radius 1 is 1.19 bits per heavy atom. The molecule has 0 spiro atoms. The SMILES string of the molecule is CC(C)(CO[Si](C)(C)C)c1ccccc1I. The van der Waals surface area contributed by atoms with Crippen molar-refractivity contribution in [2.24, 2.45) is 0 Å². The molecule has 0 atom stereocenters. The molecule has 16 heavy (non-hydrogen) atoms. The Bertz CT molecular complexity index is 355. The maximum Gasteiger partial charge on any atom is 0.183 e. The lowest BCUT2D eigenvalue weighted by molar-refractivity contribution is 0.234. The summed E-state index contributed by atoms with van der Waals surface area (Å²) in [6.07, 6.45) is 0. The highest BCUT2D eigenvalue weighted by Crippen LogP contribution is 2.28. The summed E-state index contributed by atoms with van der Waals surface area (Å²) in [6, 6.07) is 8.55. The minimum atomic E-state index is -1.42. The molecular formula is C13H21IOSi. The summed E-state index contributed by atoms with van der Waals surface area (Å²) in [4.78, 5) is 0. The van der Waals surface area contributed by atoms with E-state index in [2.05, 4.69) is 80.3 Å². The van der Waals surface area contributed by atoms with Crippen molar-refractivity contribution < 1.29 is 4.43 Å². The zero-order valence-corrected chi connectivity index (χ0v) is 14.0. The zero-order chi connectivity index (χ0) is 12.4. The molecule has 1 aromatic carbocycles. The molecule has 1 aromatic rings. The first kappa shape index (κ1) is 14.2. The molecule has 0 aliphatic heterocycles. The van der Waals surface area contributed by atoms with Gasteiger partial charge in [-0.25, -0.2) is 0 Å². The Kier molecular flexibility index (Phi) is 4.60. The minimum absolute atomic E-state index is 0.0953. The van der Waals surface area contributed by atoms with Gasteiger partial charge in [0.25, 0.3) is 0 Å². The average Bonchev–Trinajstić information content (AvgIpc) is 2.14. The van der Waals surface area contributed by atoms with Gasteiger partial charge < -0.3 is 4.43 Å². The van der Waals surface area contributed by atoms with Gasteiger partial charge in [0.2, 0.25) is 0 Å². The van der Waals surface area contributed by atoms with Gasteiger partial charge in [-0.15, -0.1) is 0 Å². The molecule has 0 aliphatic rings. The van der Waals surface area contributed by atoms with Crippen LogP contribution in [0.25, 0.3) is 0 Å². The largest absolute Gasteiger partial charge is 0.417 e. The van der Waals surface area contributed by atoms with Crippen molar-refractivity contribution in [3.63, 3.8) is 0 Å². The maximum absolute atomic E-state index is 6.04. The number of halogens is 1. The van der Waals surface area contributed by atoms with E-state index in [0.29, 0.717) is 0 Å². The number of benzene rings is 1. The van der Waals surface area contributed by atoms with Crippen LogP contribution in [0.4, 0.5) is 0 Å². The first-order valence-electron chi connectivity index (χ1n) is 5.61. The van der Waals surface area contributed by atoms with Gasteiger partial charge in [0, 0.05) is 15.6 Å². The third kappa shape index (κ3) is 4.18. The molecule has 0 amide bonds. The van der Waals surface area contributed by atoms with Crippen molar-refractivity contribution in [3.05, 3.63) is 33.4 Å². The van der Waals surface area contributed by atoms with E-state index in [9.17, 15) is 0 Å². The van der Waals surface area contributed by atoms with Crippen LogP contribution < -0.4 is 0 Å². The van der Waals surface area contributed by atoms with E-state index in [0.717, 1.165) is 6.61 Å². The van der Waals surface area contributed by atoms with E-state index in [4.69, 9.17) is 4.43 Å². The van der Waals surface area contributed by atoms with Crippen LogP contribution in [0.5, 0.6) is 0 Å². The summed E-state index contributed by atoms with van der Waals surface area (Å²) in [7, 11) is -1.42. The van der Waals surface area contributed by atoms with Gasteiger partial charge in [0.15, 0.2) is 8.32 Å². The molecule has 0 N–H and O–H groups in total. The van der Waals surface area contributed by atoms with Crippen LogP contribution in [-0.4, -0.2) is 14.9 Å². The van der Waals surface area contributed by atoms with Crippen LogP contribution in [0.1, 0.15) is 19.4 Å². The third-order valence-electron chi connectivity index (χ3n) is 2.47. The predicted octanol–water partition coefficient (Wildman–Crippen LogP) is 4.42. The molecule has 0 heterocycles. The van der Waals surface area contributed by atoms with Crippen LogP contribution in [0, 0.1) is 3.57 Å². The second-order valence-electron chi connectivity index (χ2n) is 5.76.